The number of nitrogens with one attached hydrogen (secondary N) is 1. The van der Waals surface area contributed by atoms with Crippen LogP contribution in [0.3, 0.4) is 0 Å². The monoisotopic (exact) mass is 219 g/mol. The number of anilines is 1. The van der Waals surface area contributed by atoms with Crippen molar-refractivity contribution in [1.82, 2.24) is 0 Å². The van der Waals surface area contributed by atoms with Crippen LogP contribution >= 0.6 is 11.3 Å². The average molecular weight is 219 g/mol. The molecule has 1 aromatic heterocycles. The molecule has 78 valence electrons. The van der Waals surface area contributed by atoms with E-state index in [4.69, 9.17) is 0 Å². The second-order valence-electron chi connectivity index (χ2n) is 2.85. The molecule has 3 heteroatoms. The van der Waals surface area contributed by atoms with Crippen molar-refractivity contribution >= 4 is 22.9 Å². The van der Waals surface area contributed by atoms with Crippen LogP contribution in [0.15, 0.2) is 48.4 Å². The van der Waals surface area contributed by atoms with Gasteiger partial charge in [0.15, 0.2) is 0 Å². The molecule has 0 fully saturated rings. The minimum Gasteiger partial charge on any atom is -0.322 e. The summed E-state index contributed by atoms with van der Waals surface area (Å²) in [6, 6.07) is 9.56. The topological polar surface area (TPSA) is 29.1 Å². The Kier molecular flexibility index (Phi) is 4.57. The summed E-state index contributed by atoms with van der Waals surface area (Å²) in [6.07, 6.45) is 1.26. The van der Waals surface area contributed by atoms with Crippen LogP contribution in [-0.4, -0.2) is 5.91 Å². The molecule has 0 atom stereocenters. The molecule has 1 aromatic rings. The highest BCUT2D eigenvalue weighted by atomic mass is 32.1. The van der Waals surface area contributed by atoms with E-state index < -0.39 is 0 Å². The summed E-state index contributed by atoms with van der Waals surface area (Å²) in [6.45, 7) is 5.38. The van der Waals surface area contributed by atoms with Crippen LogP contribution in [0.4, 0.5) is 5.69 Å². The maximum atomic E-state index is 11.2. The van der Waals surface area contributed by atoms with Crippen LogP contribution in [0.5, 0.6) is 0 Å². The van der Waals surface area contributed by atoms with Gasteiger partial charge in [0.05, 0.1) is 5.69 Å². The third-order valence-electron chi connectivity index (χ3n) is 1.74. The van der Waals surface area contributed by atoms with Crippen LogP contribution < -0.4 is 5.32 Å². The van der Waals surface area contributed by atoms with Crippen molar-refractivity contribution in [3.63, 3.8) is 0 Å². The quantitative estimate of drug-likeness (QED) is 0.760. The first-order valence-electron chi connectivity index (χ1n) is 4.55. The highest BCUT2D eigenvalue weighted by Crippen LogP contribution is 2.15. The van der Waals surface area contributed by atoms with E-state index in [-0.39, 0.29) is 5.91 Å². The van der Waals surface area contributed by atoms with Crippen molar-refractivity contribution in [2.75, 3.05) is 5.32 Å². The molecule has 0 aliphatic heterocycles. The summed E-state index contributed by atoms with van der Waals surface area (Å²) in [4.78, 5) is 12.2. The molecule has 0 spiro atoms. The molecule has 0 aromatic carbocycles. The number of rotatable bonds is 2. The first-order chi connectivity index (χ1) is 7.24. The third-order valence-corrected chi connectivity index (χ3v) is 2.61. The van der Waals surface area contributed by atoms with Gasteiger partial charge in [-0.3, -0.25) is 4.79 Å². The summed E-state index contributed by atoms with van der Waals surface area (Å²) in [5.41, 5.74) is 0.807. The van der Waals surface area contributed by atoms with E-state index in [1.54, 1.807) is 11.3 Å². The zero-order chi connectivity index (χ0) is 11.1. The van der Waals surface area contributed by atoms with E-state index in [2.05, 4.69) is 11.9 Å². The molecule has 1 rings (SSSR count). The van der Waals surface area contributed by atoms with Crippen LogP contribution in [-0.2, 0) is 4.79 Å². The molecule has 1 heterocycles. The largest absolute Gasteiger partial charge is 0.322 e. The minimum atomic E-state index is -0.193. The molecule has 2 nitrogen and oxygen atoms in total. The lowest BCUT2D eigenvalue weighted by molar-refractivity contribution is -0.111. The van der Waals surface area contributed by atoms with Gasteiger partial charge in [-0.2, -0.15) is 0 Å². The first kappa shape index (κ1) is 11.5. The molecule has 15 heavy (non-hydrogen) atoms. The highest BCUT2D eigenvalue weighted by Gasteiger charge is 1.97. The van der Waals surface area contributed by atoms with Gasteiger partial charge in [0.1, 0.15) is 0 Å². The zero-order valence-corrected chi connectivity index (χ0v) is 9.38. The van der Waals surface area contributed by atoms with Gasteiger partial charge in [-0.15, -0.1) is 11.3 Å². The third kappa shape index (κ3) is 3.95. The number of carbonyl (C=O) groups is 1. The average Bonchev–Trinajstić information content (AvgIpc) is 2.33. The Balaban J connectivity index is 3.12. The van der Waals surface area contributed by atoms with Gasteiger partial charge in [0.2, 0.25) is 5.91 Å². The number of carbonyl (C=O) groups excluding carboxylic acids is 1. The molecule has 1 N–H and O–H groups in total. The van der Waals surface area contributed by atoms with E-state index in [1.807, 2.05) is 42.6 Å². The van der Waals surface area contributed by atoms with Gasteiger partial charge in [-0.1, -0.05) is 30.8 Å². The highest BCUT2D eigenvalue weighted by molar-refractivity contribution is 7.09. The molecule has 0 aliphatic carbocycles. The molecular formula is C12H13NOS. The van der Waals surface area contributed by atoms with E-state index in [0.717, 1.165) is 10.6 Å². The van der Waals surface area contributed by atoms with Gasteiger partial charge in [0.25, 0.3) is 0 Å². The number of hydrogen-bond acceptors (Lipinski definition) is 2. The lowest BCUT2D eigenvalue weighted by atomic mass is 10.3. The Morgan fingerprint density at radius 2 is 2.13 bits per heavy atom. The molecule has 0 bridgehead atoms. The molecule has 0 aliphatic rings. The Morgan fingerprint density at radius 1 is 1.40 bits per heavy atom. The van der Waals surface area contributed by atoms with Crippen molar-refractivity contribution in [2.45, 2.75) is 6.92 Å². The molecule has 1 amide bonds. The predicted molar refractivity (Wildman–Crippen MR) is 65.5 cm³/mol. The van der Waals surface area contributed by atoms with E-state index in [9.17, 15) is 4.79 Å². The second kappa shape index (κ2) is 5.98. The molecule has 0 radical (unpaired) electrons. The van der Waals surface area contributed by atoms with Crippen LogP contribution in [0.25, 0.3) is 0 Å². The summed E-state index contributed by atoms with van der Waals surface area (Å²) in [5, 5.41) is 4.73. The second-order valence-corrected chi connectivity index (χ2v) is 3.97. The maximum absolute atomic E-state index is 11.2. The van der Waals surface area contributed by atoms with Gasteiger partial charge >= 0.3 is 0 Å². The van der Waals surface area contributed by atoms with Crippen molar-refractivity contribution in [3.8, 4) is 0 Å². The van der Waals surface area contributed by atoms with Gasteiger partial charge in [-0.25, -0.2) is 0 Å². The van der Waals surface area contributed by atoms with Crippen LogP contribution in [0.1, 0.15) is 4.88 Å². The van der Waals surface area contributed by atoms with Crippen molar-refractivity contribution in [1.29, 1.82) is 0 Å². The number of hydrogen-bond donors (Lipinski definition) is 1. The molecule has 0 saturated carbocycles. The number of aryl methyl sites for hydroxylation is 1. The fourth-order valence-electron chi connectivity index (χ4n) is 0.961. The minimum absolute atomic E-state index is 0.193. The number of amides is 1. The Bertz CT molecular complexity index is 408. The Morgan fingerprint density at radius 3 is 2.87 bits per heavy atom. The van der Waals surface area contributed by atoms with Crippen LogP contribution in [0.2, 0.25) is 0 Å². The molecule has 0 saturated heterocycles. The Labute approximate surface area is 93.6 Å². The van der Waals surface area contributed by atoms with Crippen molar-refractivity contribution < 1.29 is 4.79 Å². The summed E-state index contributed by atoms with van der Waals surface area (Å²) in [5.74, 6) is -0.193. The standard InChI is InChI=1S/C12H13NOS/c1-3-12(14)13-11-8-6-4-5-7-9-15-10(11)2/h3-9H,1H2,2H3,(H,13,14). The fourth-order valence-corrected chi connectivity index (χ4v) is 1.58. The Hall–Kier alpha value is -1.61. The van der Waals surface area contributed by atoms with Gasteiger partial charge < -0.3 is 5.32 Å². The van der Waals surface area contributed by atoms with E-state index in [0.29, 0.717) is 0 Å². The summed E-state index contributed by atoms with van der Waals surface area (Å²) >= 11 is 1.57. The van der Waals surface area contributed by atoms with Crippen molar-refractivity contribution in [3.05, 3.63) is 53.2 Å². The van der Waals surface area contributed by atoms with E-state index in [1.165, 1.54) is 6.08 Å². The maximum Gasteiger partial charge on any atom is 0.247 e. The summed E-state index contributed by atoms with van der Waals surface area (Å²) < 4.78 is 0. The molecular weight excluding hydrogens is 206 g/mol. The molecule has 0 unspecified atom stereocenters. The lowest BCUT2D eigenvalue weighted by Gasteiger charge is -2.01. The first-order valence-corrected chi connectivity index (χ1v) is 5.43. The van der Waals surface area contributed by atoms with Gasteiger partial charge in [0, 0.05) is 4.88 Å². The smallest absolute Gasteiger partial charge is 0.247 e. The SMILES string of the molecule is C=CC(=O)Nc1ccccccsc1C. The lowest BCUT2D eigenvalue weighted by Crippen LogP contribution is -2.07. The predicted octanol–water partition coefficient (Wildman–Crippen LogP) is 3.31. The van der Waals surface area contributed by atoms with Crippen molar-refractivity contribution in [2.24, 2.45) is 0 Å². The van der Waals surface area contributed by atoms with Crippen LogP contribution in [0, 0.1) is 6.92 Å². The summed E-state index contributed by atoms with van der Waals surface area (Å²) in [7, 11) is 0. The fraction of sp³-hybridized carbons (Fsp3) is 0.0833. The van der Waals surface area contributed by atoms with Gasteiger partial charge in [-0.05, 0) is 24.4 Å². The zero-order valence-electron chi connectivity index (χ0n) is 8.57. The van der Waals surface area contributed by atoms with E-state index >= 15 is 0 Å². The normalized spacial score (nSPS) is 8.87.